The Kier molecular flexibility index (Phi) is 5.42. The SMILES string of the molecule is CCCCP(=O)(OCC(F)(F)F)c1ccccc1. The lowest BCUT2D eigenvalue weighted by molar-refractivity contribution is -0.153. The Morgan fingerprint density at radius 2 is 1.83 bits per heavy atom. The van der Waals surface area contributed by atoms with Gasteiger partial charge in [-0.3, -0.25) is 4.57 Å². The molecule has 0 aliphatic rings. The molecule has 0 saturated heterocycles. The second-order valence-electron chi connectivity index (χ2n) is 3.97. The second-order valence-corrected chi connectivity index (χ2v) is 6.54. The quantitative estimate of drug-likeness (QED) is 0.737. The van der Waals surface area contributed by atoms with Gasteiger partial charge in [-0.05, 0) is 18.6 Å². The molecule has 0 saturated carbocycles. The zero-order valence-electron chi connectivity index (χ0n) is 10.1. The van der Waals surface area contributed by atoms with Gasteiger partial charge in [-0.1, -0.05) is 31.5 Å². The highest BCUT2D eigenvalue weighted by molar-refractivity contribution is 7.67. The molecule has 0 radical (unpaired) electrons. The number of unbranched alkanes of at least 4 members (excludes halogenated alkanes) is 1. The van der Waals surface area contributed by atoms with Crippen LogP contribution in [0.15, 0.2) is 30.3 Å². The molecule has 0 N–H and O–H groups in total. The summed E-state index contributed by atoms with van der Waals surface area (Å²) in [4.78, 5) is 0. The molecule has 0 aliphatic heterocycles. The van der Waals surface area contributed by atoms with Gasteiger partial charge in [-0.2, -0.15) is 13.2 Å². The van der Waals surface area contributed by atoms with E-state index in [9.17, 15) is 17.7 Å². The Morgan fingerprint density at radius 1 is 1.22 bits per heavy atom. The zero-order chi connectivity index (χ0) is 13.6. The fourth-order valence-electron chi connectivity index (χ4n) is 1.47. The van der Waals surface area contributed by atoms with Crippen molar-refractivity contribution >= 4 is 12.7 Å². The Hall–Kier alpha value is -0.800. The van der Waals surface area contributed by atoms with Crippen molar-refractivity contribution in [2.45, 2.75) is 25.9 Å². The average Bonchev–Trinajstić information content (AvgIpc) is 2.34. The van der Waals surface area contributed by atoms with E-state index in [0.717, 1.165) is 6.42 Å². The molecule has 1 atom stereocenters. The maximum atomic E-state index is 12.5. The third-order valence-corrected chi connectivity index (χ3v) is 4.93. The van der Waals surface area contributed by atoms with Crippen molar-refractivity contribution in [3.63, 3.8) is 0 Å². The number of benzene rings is 1. The highest BCUT2D eigenvalue weighted by Gasteiger charge is 2.34. The van der Waals surface area contributed by atoms with Crippen LogP contribution in [0.25, 0.3) is 0 Å². The minimum absolute atomic E-state index is 0.142. The van der Waals surface area contributed by atoms with Gasteiger partial charge in [0, 0.05) is 11.5 Å². The first-order valence-electron chi connectivity index (χ1n) is 5.73. The van der Waals surface area contributed by atoms with E-state index < -0.39 is 20.2 Å². The number of hydrogen-bond donors (Lipinski definition) is 0. The van der Waals surface area contributed by atoms with E-state index in [1.165, 1.54) is 0 Å². The molecule has 1 aromatic carbocycles. The van der Waals surface area contributed by atoms with Crippen molar-refractivity contribution < 1.29 is 22.3 Å². The summed E-state index contributed by atoms with van der Waals surface area (Å²) >= 11 is 0. The van der Waals surface area contributed by atoms with Crippen molar-refractivity contribution in [1.82, 2.24) is 0 Å². The van der Waals surface area contributed by atoms with Crippen LogP contribution >= 0.6 is 7.37 Å². The lowest BCUT2D eigenvalue weighted by atomic mass is 10.4. The van der Waals surface area contributed by atoms with Crippen LogP contribution in [-0.2, 0) is 9.09 Å². The molecule has 0 aliphatic carbocycles. The van der Waals surface area contributed by atoms with Gasteiger partial charge in [0.1, 0.15) is 0 Å². The van der Waals surface area contributed by atoms with Crippen LogP contribution in [0.3, 0.4) is 0 Å². The van der Waals surface area contributed by atoms with Crippen molar-refractivity contribution in [3.05, 3.63) is 30.3 Å². The average molecular weight is 280 g/mol. The number of rotatable bonds is 6. The van der Waals surface area contributed by atoms with Gasteiger partial charge in [0.05, 0.1) is 0 Å². The Balaban J connectivity index is 2.86. The van der Waals surface area contributed by atoms with Crippen molar-refractivity contribution in [2.24, 2.45) is 0 Å². The Bertz CT molecular complexity index is 404. The molecule has 102 valence electrons. The summed E-state index contributed by atoms with van der Waals surface area (Å²) in [6.45, 7) is 0.419. The molecule has 18 heavy (non-hydrogen) atoms. The van der Waals surface area contributed by atoms with Gasteiger partial charge in [-0.25, -0.2) is 0 Å². The molecule has 0 amide bonds. The van der Waals surface area contributed by atoms with Gasteiger partial charge in [0.15, 0.2) is 6.61 Å². The van der Waals surface area contributed by atoms with E-state index in [2.05, 4.69) is 0 Å². The third-order valence-electron chi connectivity index (χ3n) is 2.39. The van der Waals surface area contributed by atoms with Crippen LogP contribution in [-0.4, -0.2) is 18.9 Å². The molecular weight excluding hydrogens is 264 g/mol. The van der Waals surface area contributed by atoms with E-state index in [4.69, 9.17) is 4.52 Å². The highest BCUT2D eigenvalue weighted by Crippen LogP contribution is 2.47. The lowest BCUT2D eigenvalue weighted by Gasteiger charge is -2.19. The fourth-order valence-corrected chi connectivity index (χ4v) is 3.72. The monoisotopic (exact) mass is 280 g/mol. The molecule has 0 aromatic heterocycles. The number of hydrogen-bond acceptors (Lipinski definition) is 2. The topological polar surface area (TPSA) is 26.3 Å². The first-order chi connectivity index (χ1) is 8.37. The normalized spacial score (nSPS) is 15.3. The maximum absolute atomic E-state index is 12.5. The predicted molar refractivity (Wildman–Crippen MR) is 65.5 cm³/mol. The summed E-state index contributed by atoms with van der Waals surface area (Å²) in [6, 6.07) is 8.10. The maximum Gasteiger partial charge on any atom is 0.412 e. The van der Waals surface area contributed by atoms with E-state index in [-0.39, 0.29) is 6.16 Å². The third kappa shape index (κ3) is 4.83. The standard InChI is InChI=1S/C12H16F3O2P/c1-2-3-9-18(16,17-10-12(13,14)15)11-7-5-4-6-8-11/h4-8H,2-3,9-10H2,1H3. The summed E-state index contributed by atoms with van der Waals surface area (Å²) in [5.41, 5.74) is 0. The molecule has 0 bridgehead atoms. The molecule has 0 fully saturated rings. The van der Waals surface area contributed by atoms with Gasteiger partial charge >= 0.3 is 6.18 Å². The molecule has 1 unspecified atom stereocenters. The minimum Gasteiger partial charge on any atom is -0.316 e. The summed E-state index contributed by atoms with van der Waals surface area (Å²) in [6.07, 6.45) is -2.99. The van der Waals surface area contributed by atoms with E-state index in [1.54, 1.807) is 30.3 Å². The molecular formula is C12H16F3O2P. The summed E-state index contributed by atoms with van der Waals surface area (Å²) in [5.74, 6) is 0. The van der Waals surface area contributed by atoms with Crippen molar-refractivity contribution in [3.8, 4) is 0 Å². The predicted octanol–water partition coefficient (Wildman–Crippen LogP) is 3.97. The first kappa shape index (κ1) is 15.3. The lowest BCUT2D eigenvalue weighted by Crippen LogP contribution is -2.20. The molecule has 6 heteroatoms. The molecule has 1 aromatic rings. The summed E-state index contributed by atoms with van der Waals surface area (Å²) in [7, 11) is -3.40. The summed E-state index contributed by atoms with van der Waals surface area (Å²) < 4.78 is 53.7. The van der Waals surface area contributed by atoms with Crippen LogP contribution in [0.2, 0.25) is 0 Å². The number of halogens is 3. The second kappa shape index (κ2) is 6.39. The Morgan fingerprint density at radius 3 is 2.33 bits per heavy atom. The smallest absolute Gasteiger partial charge is 0.316 e. The van der Waals surface area contributed by atoms with Crippen molar-refractivity contribution in [2.75, 3.05) is 12.8 Å². The first-order valence-corrected chi connectivity index (χ1v) is 7.54. The minimum atomic E-state index is -4.46. The van der Waals surface area contributed by atoms with E-state index in [0.29, 0.717) is 11.7 Å². The molecule has 1 rings (SSSR count). The van der Waals surface area contributed by atoms with Crippen LogP contribution in [0.5, 0.6) is 0 Å². The van der Waals surface area contributed by atoms with Gasteiger partial charge < -0.3 is 4.52 Å². The van der Waals surface area contributed by atoms with Crippen LogP contribution in [0, 0.1) is 0 Å². The highest BCUT2D eigenvalue weighted by atomic mass is 31.2. The van der Waals surface area contributed by atoms with Gasteiger partial charge in [0.2, 0.25) is 7.37 Å². The van der Waals surface area contributed by atoms with E-state index >= 15 is 0 Å². The summed E-state index contributed by atoms with van der Waals surface area (Å²) in [5, 5.41) is 0.350. The molecule has 0 spiro atoms. The molecule has 2 nitrogen and oxygen atoms in total. The fraction of sp³-hybridized carbons (Fsp3) is 0.500. The van der Waals surface area contributed by atoms with Gasteiger partial charge in [-0.15, -0.1) is 0 Å². The van der Waals surface area contributed by atoms with Crippen LogP contribution in [0.1, 0.15) is 19.8 Å². The number of alkyl halides is 3. The van der Waals surface area contributed by atoms with Gasteiger partial charge in [0.25, 0.3) is 0 Å². The largest absolute Gasteiger partial charge is 0.412 e. The van der Waals surface area contributed by atoms with Crippen molar-refractivity contribution in [1.29, 1.82) is 0 Å². The molecule has 0 heterocycles. The van der Waals surface area contributed by atoms with E-state index in [1.807, 2.05) is 6.92 Å². The Labute approximate surface area is 105 Å². The van der Waals surface area contributed by atoms with Crippen LogP contribution < -0.4 is 5.30 Å². The zero-order valence-corrected chi connectivity index (χ0v) is 11.0. The van der Waals surface area contributed by atoms with Crippen LogP contribution in [0.4, 0.5) is 13.2 Å².